The van der Waals surface area contributed by atoms with Crippen molar-refractivity contribution in [3.8, 4) is 5.75 Å². The maximum Gasteiger partial charge on any atom is 0.264 e. The summed E-state index contributed by atoms with van der Waals surface area (Å²) in [5, 5.41) is 3.75. The number of carbonyl (C=O) groups excluding carboxylic acids is 2. The second-order valence-electron chi connectivity index (χ2n) is 10.8. The van der Waals surface area contributed by atoms with Gasteiger partial charge >= 0.3 is 0 Å². The molecule has 0 aromatic heterocycles. The third-order valence-corrected chi connectivity index (χ3v) is 9.97. The van der Waals surface area contributed by atoms with Crippen LogP contribution in [-0.4, -0.2) is 50.9 Å². The fraction of sp³-hybridized carbons (Fsp3) is 0.257. The van der Waals surface area contributed by atoms with Gasteiger partial charge in [-0.15, -0.1) is 0 Å². The first-order valence-corrected chi connectivity index (χ1v) is 17.0. The second kappa shape index (κ2) is 16.0. The van der Waals surface area contributed by atoms with Gasteiger partial charge in [0.25, 0.3) is 10.0 Å². The van der Waals surface area contributed by atoms with Gasteiger partial charge in [0.1, 0.15) is 18.3 Å². The fourth-order valence-electron chi connectivity index (χ4n) is 4.83. The Hall–Kier alpha value is -4.05. The molecule has 0 saturated carbocycles. The first-order chi connectivity index (χ1) is 22.0. The van der Waals surface area contributed by atoms with E-state index in [9.17, 15) is 18.0 Å². The lowest BCUT2D eigenvalue weighted by molar-refractivity contribution is -0.140. The van der Waals surface area contributed by atoms with E-state index in [0.717, 1.165) is 9.87 Å². The summed E-state index contributed by atoms with van der Waals surface area (Å²) in [7, 11) is -2.75. The van der Waals surface area contributed by atoms with E-state index in [2.05, 4.69) is 5.32 Å². The molecule has 242 valence electrons. The average Bonchev–Trinajstić information content (AvgIpc) is 3.06. The van der Waals surface area contributed by atoms with Crippen molar-refractivity contribution in [2.75, 3.05) is 18.0 Å². The van der Waals surface area contributed by atoms with E-state index in [-0.39, 0.29) is 29.8 Å². The van der Waals surface area contributed by atoms with Crippen LogP contribution in [0.25, 0.3) is 0 Å². The highest BCUT2D eigenvalue weighted by Crippen LogP contribution is 2.28. The number of methoxy groups -OCH3 is 1. The smallest absolute Gasteiger partial charge is 0.264 e. The Labute approximate surface area is 280 Å². The molecule has 0 aliphatic carbocycles. The van der Waals surface area contributed by atoms with Crippen LogP contribution < -0.4 is 14.4 Å². The molecular formula is C35H37Cl2N3O5S. The highest BCUT2D eigenvalue weighted by Gasteiger charge is 2.35. The van der Waals surface area contributed by atoms with Gasteiger partial charge in [0, 0.05) is 29.1 Å². The molecular weight excluding hydrogens is 645 g/mol. The fourth-order valence-corrected chi connectivity index (χ4v) is 6.71. The third kappa shape index (κ3) is 8.81. The number of amides is 2. The van der Waals surface area contributed by atoms with Gasteiger partial charge in [0.15, 0.2) is 0 Å². The quantitative estimate of drug-likeness (QED) is 0.159. The number of benzene rings is 4. The van der Waals surface area contributed by atoms with Crippen molar-refractivity contribution >= 4 is 50.7 Å². The van der Waals surface area contributed by atoms with Crippen LogP contribution in [0.15, 0.2) is 108 Å². The Morgan fingerprint density at radius 1 is 0.891 bits per heavy atom. The van der Waals surface area contributed by atoms with E-state index in [0.29, 0.717) is 33.5 Å². The van der Waals surface area contributed by atoms with E-state index >= 15 is 0 Å². The topological polar surface area (TPSA) is 96.0 Å². The molecule has 4 aromatic rings. The Kier molecular flexibility index (Phi) is 12.1. The number of rotatable bonds is 14. The van der Waals surface area contributed by atoms with Crippen molar-refractivity contribution in [3.63, 3.8) is 0 Å². The molecule has 0 aliphatic rings. The van der Waals surface area contributed by atoms with Crippen LogP contribution in [-0.2, 0) is 32.6 Å². The zero-order chi connectivity index (χ0) is 33.3. The normalized spacial score (nSPS) is 12.5. The zero-order valence-electron chi connectivity index (χ0n) is 25.9. The SMILES string of the molecule is CCC(C)NC(=O)C(Cc1ccccc1)N(Cc1ccc(Cl)cc1Cl)C(=O)CN(c1ccccc1)S(=O)(=O)c1ccc(OC)cc1. The summed E-state index contributed by atoms with van der Waals surface area (Å²) in [5.74, 6) is -0.462. The number of hydrogen-bond acceptors (Lipinski definition) is 5. The van der Waals surface area contributed by atoms with Crippen molar-refractivity contribution in [1.29, 1.82) is 0 Å². The van der Waals surface area contributed by atoms with E-state index in [1.165, 1.54) is 24.1 Å². The van der Waals surface area contributed by atoms with Gasteiger partial charge < -0.3 is 15.0 Å². The summed E-state index contributed by atoms with van der Waals surface area (Å²) in [6, 6.07) is 27.4. The molecule has 46 heavy (non-hydrogen) atoms. The maximum atomic E-state index is 14.5. The van der Waals surface area contributed by atoms with E-state index in [1.54, 1.807) is 60.7 Å². The number of halogens is 2. The van der Waals surface area contributed by atoms with Crippen LogP contribution >= 0.6 is 23.2 Å². The summed E-state index contributed by atoms with van der Waals surface area (Å²) >= 11 is 12.7. The molecule has 8 nitrogen and oxygen atoms in total. The summed E-state index contributed by atoms with van der Waals surface area (Å²) in [6.45, 7) is 3.20. The molecule has 2 atom stereocenters. The minimum Gasteiger partial charge on any atom is -0.497 e. The summed E-state index contributed by atoms with van der Waals surface area (Å²) in [5.41, 5.74) is 1.68. The molecule has 0 fully saturated rings. The molecule has 0 radical (unpaired) electrons. The molecule has 11 heteroatoms. The van der Waals surface area contributed by atoms with E-state index in [4.69, 9.17) is 27.9 Å². The lowest BCUT2D eigenvalue weighted by atomic mass is 10.0. The predicted molar refractivity (Wildman–Crippen MR) is 183 cm³/mol. The number of carbonyl (C=O) groups is 2. The molecule has 4 rings (SSSR count). The number of sulfonamides is 1. The molecule has 0 bridgehead atoms. The van der Waals surface area contributed by atoms with Gasteiger partial charge in [-0.05, 0) is 73.0 Å². The van der Waals surface area contributed by atoms with Gasteiger partial charge in [0.2, 0.25) is 11.8 Å². The van der Waals surface area contributed by atoms with Crippen molar-refractivity contribution < 1.29 is 22.7 Å². The van der Waals surface area contributed by atoms with Gasteiger partial charge in [-0.1, -0.05) is 84.7 Å². The predicted octanol–water partition coefficient (Wildman–Crippen LogP) is 6.75. The first-order valence-electron chi connectivity index (χ1n) is 14.8. The van der Waals surface area contributed by atoms with Gasteiger partial charge in [-0.25, -0.2) is 8.42 Å². The summed E-state index contributed by atoms with van der Waals surface area (Å²) in [4.78, 5) is 29.8. The lowest BCUT2D eigenvalue weighted by Gasteiger charge is -2.34. The van der Waals surface area contributed by atoms with Crippen molar-refractivity contribution in [2.24, 2.45) is 0 Å². The first kappa shape index (κ1) is 34.8. The van der Waals surface area contributed by atoms with Crippen LogP contribution in [0.5, 0.6) is 5.75 Å². The summed E-state index contributed by atoms with van der Waals surface area (Å²) in [6.07, 6.45) is 0.874. The van der Waals surface area contributed by atoms with Gasteiger partial charge in [0.05, 0.1) is 17.7 Å². The molecule has 2 unspecified atom stereocenters. The van der Waals surface area contributed by atoms with Crippen LogP contribution in [0, 0.1) is 0 Å². The second-order valence-corrected chi connectivity index (χ2v) is 13.5. The Morgan fingerprint density at radius 2 is 1.52 bits per heavy atom. The van der Waals surface area contributed by atoms with Crippen molar-refractivity contribution in [3.05, 3.63) is 124 Å². The summed E-state index contributed by atoms with van der Waals surface area (Å²) < 4.78 is 34.5. The van der Waals surface area contributed by atoms with E-state index < -0.39 is 28.5 Å². The minimum atomic E-state index is -4.24. The third-order valence-electron chi connectivity index (χ3n) is 7.60. The molecule has 2 amide bonds. The van der Waals surface area contributed by atoms with E-state index in [1.807, 2.05) is 44.2 Å². The number of para-hydroxylation sites is 1. The van der Waals surface area contributed by atoms with Crippen LogP contribution in [0.4, 0.5) is 5.69 Å². The standard InChI is InChI=1S/C35H37Cl2N3O5S/c1-4-25(2)38-35(42)33(21-26-11-7-5-8-12-26)39(23-27-15-16-28(36)22-32(27)37)34(41)24-40(29-13-9-6-10-14-29)46(43,44)31-19-17-30(45-3)18-20-31/h5-20,22,25,33H,4,21,23-24H2,1-3H3,(H,38,42). The van der Waals surface area contributed by atoms with Crippen molar-refractivity contribution in [2.45, 2.75) is 50.2 Å². The van der Waals surface area contributed by atoms with Gasteiger partial charge in [-0.3, -0.25) is 13.9 Å². The highest BCUT2D eigenvalue weighted by molar-refractivity contribution is 7.92. The van der Waals surface area contributed by atoms with Crippen LogP contribution in [0.2, 0.25) is 10.0 Å². The van der Waals surface area contributed by atoms with Crippen LogP contribution in [0.1, 0.15) is 31.4 Å². The number of hydrogen-bond donors (Lipinski definition) is 1. The van der Waals surface area contributed by atoms with Crippen LogP contribution in [0.3, 0.4) is 0 Å². The average molecular weight is 683 g/mol. The molecule has 0 heterocycles. The largest absolute Gasteiger partial charge is 0.497 e. The molecule has 0 saturated heterocycles. The Balaban J connectivity index is 1.81. The maximum absolute atomic E-state index is 14.5. The zero-order valence-corrected chi connectivity index (χ0v) is 28.2. The highest BCUT2D eigenvalue weighted by atomic mass is 35.5. The number of anilines is 1. The van der Waals surface area contributed by atoms with Crippen molar-refractivity contribution in [1.82, 2.24) is 10.2 Å². The molecule has 0 aliphatic heterocycles. The number of ether oxygens (including phenoxy) is 1. The monoisotopic (exact) mass is 681 g/mol. The number of nitrogens with one attached hydrogen (secondary N) is 1. The minimum absolute atomic E-state index is 0.0207. The molecule has 4 aromatic carbocycles. The van der Waals surface area contributed by atoms with Gasteiger partial charge in [-0.2, -0.15) is 0 Å². The molecule has 0 spiro atoms. The Morgan fingerprint density at radius 3 is 2.11 bits per heavy atom. The lowest BCUT2D eigenvalue weighted by Crippen LogP contribution is -2.54. The Bertz CT molecular complexity index is 1720. The number of nitrogens with zero attached hydrogens (tertiary/aromatic N) is 2. The molecule has 1 N–H and O–H groups in total.